The molecule has 4 nitrogen and oxygen atoms in total. The van der Waals surface area contributed by atoms with Crippen LogP contribution in [-0.2, 0) is 20.5 Å². The number of rotatable bonds is 13. The Morgan fingerprint density at radius 3 is 1.96 bits per heavy atom. The van der Waals surface area contributed by atoms with E-state index < -0.39 is 39.8 Å². The second-order valence-electron chi connectivity index (χ2n) is 7.79. The highest BCUT2D eigenvalue weighted by Crippen LogP contribution is 2.31. The van der Waals surface area contributed by atoms with E-state index in [2.05, 4.69) is 11.6 Å². The molecule has 0 saturated carbocycles. The maximum absolute atomic E-state index is 13.6. The number of nitrogens with one attached hydrogen (secondary N) is 1. The van der Waals surface area contributed by atoms with Crippen LogP contribution in [0.25, 0.3) is 0 Å². The van der Waals surface area contributed by atoms with Gasteiger partial charge in [-0.1, -0.05) is 51.9 Å². The Labute approximate surface area is 164 Å². The molecule has 27 heavy (non-hydrogen) atoms. The fourth-order valence-electron chi connectivity index (χ4n) is 2.66. The van der Waals surface area contributed by atoms with Gasteiger partial charge < -0.3 is 4.74 Å². The highest BCUT2D eigenvalue weighted by atomic mass is 32.2. The summed E-state index contributed by atoms with van der Waals surface area (Å²) in [5.74, 6) is -2.28. The summed E-state index contributed by atoms with van der Waals surface area (Å²) in [6.45, 7) is 8.44. The van der Waals surface area contributed by atoms with Crippen LogP contribution in [-0.4, -0.2) is 33.8 Å². The molecule has 0 bridgehead atoms. The van der Waals surface area contributed by atoms with E-state index >= 15 is 0 Å². The van der Waals surface area contributed by atoms with Crippen molar-refractivity contribution >= 4 is 17.0 Å². The first kappa shape index (κ1) is 26.4. The van der Waals surface area contributed by atoms with Crippen molar-refractivity contribution in [1.82, 2.24) is 4.72 Å². The minimum absolute atomic E-state index is 0.0132. The van der Waals surface area contributed by atoms with Crippen molar-refractivity contribution in [2.75, 3.05) is 6.61 Å². The van der Waals surface area contributed by atoms with Crippen molar-refractivity contribution in [3.63, 3.8) is 0 Å². The largest absolute Gasteiger partial charge is 0.466 e. The SMILES string of the molecule is CCCCCCCCC[C@@H](C(=O)OCC)[C@@H](N[S@](=O)C(C)(C)C)C(F)(F)F. The molecule has 0 saturated heterocycles. The zero-order valence-electron chi connectivity index (χ0n) is 17.3. The maximum Gasteiger partial charge on any atom is 0.405 e. The number of carbonyl (C=O) groups is 1. The molecule has 3 atom stereocenters. The summed E-state index contributed by atoms with van der Waals surface area (Å²) >= 11 is 0. The summed E-state index contributed by atoms with van der Waals surface area (Å²) in [4.78, 5) is 12.2. The third-order valence-corrected chi connectivity index (χ3v) is 5.83. The van der Waals surface area contributed by atoms with E-state index in [9.17, 15) is 22.2 Å². The molecular formula is C19H36F3NO3S. The lowest BCUT2D eigenvalue weighted by Crippen LogP contribution is -2.53. The Morgan fingerprint density at radius 1 is 1.00 bits per heavy atom. The topological polar surface area (TPSA) is 55.4 Å². The van der Waals surface area contributed by atoms with Gasteiger partial charge >= 0.3 is 12.1 Å². The number of unbranched alkanes of at least 4 members (excludes halogenated alkanes) is 6. The van der Waals surface area contributed by atoms with Crippen LogP contribution < -0.4 is 4.72 Å². The van der Waals surface area contributed by atoms with E-state index in [0.29, 0.717) is 6.42 Å². The summed E-state index contributed by atoms with van der Waals surface area (Å²) in [7, 11) is -1.95. The normalized spacial score (nSPS) is 16.0. The molecule has 162 valence electrons. The average Bonchev–Trinajstić information content (AvgIpc) is 2.54. The molecule has 0 heterocycles. The smallest absolute Gasteiger partial charge is 0.405 e. The number of carbonyl (C=O) groups excluding carboxylic acids is 1. The molecule has 0 aromatic carbocycles. The predicted octanol–water partition coefficient (Wildman–Crippen LogP) is 5.29. The summed E-state index contributed by atoms with van der Waals surface area (Å²) in [6.07, 6.45) is 2.04. The number of halogens is 3. The standard InChI is InChI=1S/C19H36F3NO3S/c1-6-8-9-10-11-12-13-14-15(17(24)26-7-2)16(19(20,21)22)23-27(25)18(3,4)5/h15-16,23H,6-14H2,1-5H3/t15-,16-,27-/m1/s1. The molecule has 0 aliphatic rings. The van der Waals surface area contributed by atoms with Crippen LogP contribution in [0.2, 0.25) is 0 Å². The fraction of sp³-hybridized carbons (Fsp3) is 0.947. The van der Waals surface area contributed by atoms with Gasteiger partial charge in [0.15, 0.2) is 0 Å². The molecule has 0 fully saturated rings. The van der Waals surface area contributed by atoms with E-state index in [1.54, 1.807) is 27.7 Å². The second kappa shape index (κ2) is 12.8. The van der Waals surface area contributed by atoms with Crippen molar-refractivity contribution in [3.8, 4) is 0 Å². The zero-order valence-corrected chi connectivity index (χ0v) is 18.1. The number of hydrogen-bond donors (Lipinski definition) is 1. The summed E-state index contributed by atoms with van der Waals surface area (Å²) in [5, 5.41) is 0. The number of esters is 1. The Hall–Kier alpha value is -0.630. The van der Waals surface area contributed by atoms with Crippen molar-refractivity contribution in [2.24, 2.45) is 5.92 Å². The summed E-state index contributed by atoms with van der Waals surface area (Å²) < 4.78 is 59.3. The third-order valence-electron chi connectivity index (χ3n) is 4.25. The highest BCUT2D eigenvalue weighted by molar-refractivity contribution is 7.84. The first-order valence-electron chi connectivity index (χ1n) is 9.86. The van der Waals surface area contributed by atoms with Crippen LogP contribution in [0.4, 0.5) is 13.2 Å². The molecule has 0 rings (SSSR count). The van der Waals surface area contributed by atoms with Gasteiger partial charge in [-0.05, 0) is 34.1 Å². The van der Waals surface area contributed by atoms with E-state index in [4.69, 9.17) is 4.74 Å². The molecule has 0 aliphatic carbocycles. The van der Waals surface area contributed by atoms with Gasteiger partial charge in [0.2, 0.25) is 0 Å². The number of ether oxygens (including phenoxy) is 1. The van der Waals surface area contributed by atoms with Gasteiger partial charge in [0.1, 0.15) is 6.04 Å². The van der Waals surface area contributed by atoms with Gasteiger partial charge in [-0.25, -0.2) is 8.93 Å². The molecule has 0 aromatic rings. The van der Waals surface area contributed by atoms with Gasteiger partial charge in [0.25, 0.3) is 0 Å². The van der Waals surface area contributed by atoms with Gasteiger partial charge in [-0.15, -0.1) is 0 Å². The van der Waals surface area contributed by atoms with Crippen molar-refractivity contribution in [2.45, 2.75) is 103 Å². The maximum atomic E-state index is 13.6. The minimum atomic E-state index is -4.69. The average molecular weight is 416 g/mol. The molecule has 0 unspecified atom stereocenters. The molecule has 0 radical (unpaired) electrons. The Bertz CT molecular complexity index is 450. The second-order valence-corrected chi connectivity index (χ2v) is 9.78. The quantitative estimate of drug-likeness (QED) is 0.328. The Balaban J connectivity index is 5.06. The van der Waals surface area contributed by atoms with Gasteiger partial charge in [0.05, 0.1) is 28.3 Å². The monoisotopic (exact) mass is 415 g/mol. The van der Waals surface area contributed by atoms with E-state index in [0.717, 1.165) is 38.5 Å². The fourth-order valence-corrected chi connectivity index (χ4v) is 3.54. The van der Waals surface area contributed by atoms with Crippen LogP contribution in [0.5, 0.6) is 0 Å². The third kappa shape index (κ3) is 11.1. The molecule has 0 aromatic heterocycles. The number of hydrogen-bond acceptors (Lipinski definition) is 3. The van der Waals surface area contributed by atoms with Crippen LogP contribution in [0.1, 0.15) is 86.0 Å². The predicted molar refractivity (Wildman–Crippen MR) is 104 cm³/mol. The lowest BCUT2D eigenvalue weighted by Gasteiger charge is -2.30. The molecule has 0 aliphatic heterocycles. The summed E-state index contributed by atoms with van der Waals surface area (Å²) in [6, 6.07) is -2.18. The Morgan fingerprint density at radius 2 is 1.52 bits per heavy atom. The van der Waals surface area contributed by atoms with Crippen LogP contribution in [0.3, 0.4) is 0 Å². The van der Waals surface area contributed by atoms with E-state index in [1.165, 1.54) is 0 Å². The van der Waals surface area contributed by atoms with Gasteiger partial charge in [-0.3, -0.25) is 4.79 Å². The van der Waals surface area contributed by atoms with Crippen molar-refractivity contribution in [3.05, 3.63) is 0 Å². The molecule has 1 N–H and O–H groups in total. The highest BCUT2D eigenvalue weighted by Gasteiger charge is 2.49. The molecule has 0 amide bonds. The summed E-state index contributed by atoms with van der Waals surface area (Å²) in [5.41, 5.74) is 0. The van der Waals surface area contributed by atoms with E-state index in [1.807, 2.05) is 0 Å². The van der Waals surface area contributed by atoms with Crippen molar-refractivity contribution in [1.29, 1.82) is 0 Å². The first-order chi connectivity index (χ1) is 12.4. The lowest BCUT2D eigenvalue weighted by molar-refractivity contribution is -0.179. The van der Waals surface area contributed by atoms with Crippen LogP contribution >= 0.6 is 0 Å². The van der Waals surface area contributed by atoms with Crippen LogP contribution in [0, 0.1) is 5.92 Å². The number of alkyl halides is 3. The van der Waals surface area contributed by atoms with Gasteiger partial charge in [-0.2, -0.15) is 13.2 Å². The molecular weight excluding hydrogens is 379 g/mol. The van der Waals surface area contributed by atoms with Gasteiger partial charge in [0, 0.05) is 0 Å². The molecule has 8 heteroatoms. The first-order valence-corrected chi connectivity index (χ1v) is 11.0. The van der Waals surface area contributed by atoms with Crippen LogP contribution in [0.15, 0.2) is 0 Å². The lowest BCUT2D eigenvalue weighted by atomic mass is 9.93. The Kier molecular flexibility index (Phi) is 12.5. The molecule has 0 spiro atoms. The zero-order chi connectivity index (χ0) is 21.1. The van der Waals surface area contributed by atoms with Crippen molar-refractivity contribution < 1.29 is 26.9 Å². The minimum Gasteiger partial charge on any atom is -0.466 e. The van der Waals surface area contributed by atoms with E-state index in [-0.39, 0.29) is 13.0 Å².